The second kappa shape index (κ2) is 10.5. The summed E-state index contributed by atoms with van der Waals surface area (Å²) in [4.78, 5) is 26.7. The number of anilines is 1. The van der Waals surface area contributed by atoms with Crippen LogP contribution >= 0.6 is 11.8 Å². The molecule has 0 saturated heterocycles. The molecule has 0 spiro atoms. The number of aryl methyl sites for hydroxylation is 1. The third-order valence-corrected chi connectivity index (χ3v) is 5.70. The monoisotopic (exact) mass is 416 g/mol. The first-order valence-electron chi connectivity index (χ1n) is 10.0. The van der Waals surface area contributed by atoms with E-state index < -0.39 is 0 Å². The fraction of sp³-hybridized carbons (Fsp3) is 0.476. The highest BCUT2D eigenvalue weighted by Crippen LogP contribution is 2.39. The standard InChI is InChI=1S/C21H28N4O3S/c1-3-28-14-7-12-22-18(26)10-11-19(27)24-13-15-29-21-20(24)16(2)23-25(21)17-8-5-4-6-9-17/h4-6,8-9H,3,7,10-15H2,1-2H3,(H,22,26). The summed E-state index contributed by atoms with van der Waals surface area (Å²) in [6.07, 6.45) is 1.16. The number of nitrogens with one attached hydrogen (secondary N) is 1. The summed E-state index contributed by atoms with van der Waals surface area (Å²) in [5, 5.41) is 8.49. The zero-order chi connectivity index (χ0) is 20.6. The van der Waals surface area contributed by atoms with Crippen LogP contribution in [-0.4, -0.2) is 53.7 Å². The van der Waals surface area contributed by atoms with Gasteiger partial charge in [0.05, 0.1) is 17.1 Å². The first-order valence-corrected chi connectivity index (χ1v) is 11.0. The van der Waals surface area contributed by atoms with Crippen LogP contribution < -0.4 is 10.2 Å². The molecule has 2 heterocycles. The van der Waals surface area contributed by atoms with Gasteiger partial charge in [-0.25, -0.2) is 4.68 Å². The molecule has 0 saturated carbocycles. The predicted molar refractivity (Wildman–Crippen MR) is 115 cm³/mol. The molecule has 1 aliphatic rings. The Balaban J connectivity index is 1.61. The number of carbonyl (C=O) groups excluding carboxylic acids is 2. The van der Waals surface area contributed by atoms with Crippen molar-refractivity contribution in [2.24, 2.45) is 0 Å². The van der Waals surface area contributed by atoms with Crippen LogP contribution in [0.1, 0.15) is 31.9 Å². The largest absolute Gasteiger partial charge is 0.382 e. The Morgan fingerprint density at radius 1 is 1.24 bits per heavy atom. The van der Waals surface area contributed by atoms with Crippen molar-refractivity contribution in [1.29, 1.82) is 0 Å². The lowest BCUT2D eigenvalue weighted by Gasteiger charge is -2.27. The van der Waals surface area contributed by atoms with E-state index in [0.29, 0.717) is 26.3 Å². The highest BCUT2D eigenvalue weighted by Gasteiger charge is 2.29. The maximum atomic E-state index is 12.9. The zero-order valence-corrected chi connectivity index (χ0v) is 17.8. The molecule has 2 aromatic rings. The van der Waals surface area contributed by atoms with E-state index >= 15 is 0 Å². The number of nitrogens with zero attached hydrogens (tertiary/aromatic N) is 3. The average molecular weight is 417 g/mol. The van der Waals surface area contributed by atoms with E-state index in [-0.39, 0.29) is 24.7 Å². The normalized spacial score (nSPS) is 13.2. The number of thioether (sulfide) groups is 1. The van der Waals surface area contributed by atoms with Gasteiger partial charge >= 0.3 is 0 Å². The van der Waals surface area contributed by atoms with Crippen molar-refractivity contribution >= 4 is 29.3 Å². The summed E-state index contributed by atoms with van der Waals surface area (Å²) in [6.45, 7) is 6.39. The maximum absolute atomic E-state index is 12.9. The Kier molecular flexibility index (Phi) is 7.71. The van der Waals surface area contributed by atoms with Crippen LogP contribution in [0.25, 0.3) is 5.69 Å². The smallest absolute Gasteiger partial charge is 0.227 e. The van der Waals surface area contributed by atoms with E-state index in [1.165, 1.54) is 0 Å². The second-order valence-corrected chi connectivity index (χ2v) is 7.86. The van der Waals surface area contributed by atoms with E-state index in [1.54, 1.807) is 16.7 Å². The third-order valence-electron chi connectivity index (χ3n) is 4.67. The fourth-order valence-electron chi connectivity index (χ4n) is 3.27. The molecule has 8 heteroatoms. The lowest BCUT2D eigenvalue weighted by Crippen LogP contribution is -2.36. The molecule has 29 heavy (non-hydrogen) atoms. The highest BCUT2D eigenvalue weighted by molar-refractivity contribution is 7.99. The molecule has 1 aromatic carbocycles. The molecule has 1 N–H and O–H groups in total. The first-order chi connectivity index (χ1) is 14.1. The third kappa shape index (κ3) is 5.39. The Bertz CT molecular complexity index is 838. The number of hydrogen-bond donors (Lipinski definition) is 1. The van der Waals surface area contributed by atoms with Crippen molar-refractivity contribution in [2.75, 3.05) is 37.0 Å². The molecule has 0 unspecified atom stereocenters. The minimum atomic E-state index is -0.0989. The lowest BCUT2D eigenvalue weighted by atomic mass is 10.2. The van der Waals surface area contributed by atoms with Crippen molar-refractivity contribution in [3.63, 3.8) is 0 Å². The number of ether oxygens (including phenoxy) is 1. The minimum Gasteiger partial charge on any atom is -0.382 e. The van der Waals surface area contributed by atoms with Gasteiger partial charge in [0, 0.05) is 44.9 Å². The van der Waals surface area contributed by atoms with Gasteiger partial charge in [-0.05, 0) is 32.4 Å². The van der Waals surface area contributed by atoms with Crippen molar-refractivity contribution in [2.45, 2.75) is 38.1 Å². The van der Waals surface area contributed by atoms with E-state index in [1.807, 2.05) is 48.9 Å². The molecule has 1 aromatic heterocycles. The molecule has 0 aliphatic carbocycles. The SMILES string of the molecule is CCOCCCNC(=O)CCC(=O)N1CCSc2c1c(C)nn2-c1ccccc1. The van der Waals surface area contributed by atoms with Crippen molar-refractivity contribution in [1.82, 2.24) is 15.1 Å². The van der Waals surface area contributed by atoms with Gasteiger partial charge in [-0.2, -0.15) is 5.10 Å². The number of carbonyl (C=O) groups is 2. The number of rotatable bonds is 9. The first kappa shape index (κ1) is 21.4. The number of benzene rings is 1. The second-order valence-electron chi connectivity index (χ2n) is 6.78. The van der Waals surface area contributed by atoms with Crippen LogP contribution in [0.5, 0.6) is 0 Å². The minimum absolute atomic E-state index is 0.0354. The van der Waals surface area contributed by atoms with Crippen LogP contribution in [0.4, 0.5) is 5.69 Å². The summed E-state index contributed by atoms with van der Waals surface area (Å²) in [7, 11) is 0. The molecule has 0 bridgehead atoms. The molecule has 1 aliphatic heterocycles. The van der Waals surface area contributed by atoms with Crippen molar-refractivity contribution in [3.05, 3.63) is 36.0 Å². The van der Waals surface area contributed by atoms with Gasteiger partial charge in [-0.15, -0.1) is 11.8 Å². The summed E-state index contributed by atoms with van der Waals surface area (Å²) in [6, 6.07) is 9.93. The Morgan fingerprint density at radius 2 is 2.03 bits per heavy atom. The van der Waals surface area contributed by atoms with E-state index in [4.69, 9.17) is 4.74 Å². The molecule has 0 atom stereocenters. The van der Waals surface area contributed by atoms with Gasteiger partial charge in [-0.1, -0.05) is 18.2 Å². The molecule has 2 amide bonds. The van der Waals surface area contributed by atoms with Gasteiger partial charge in [-0.3, -0.25) is 9.59 Å². The zero-order valence-electron chi connectivity index (χ0n) is 17.0. The van der Waals surface area contributed by atoms with Crippen molar-refractivity contribution in [3.8, 4) is 5.69 Å². The highest BCUT2D eigenvalue weighted by atomic mass is 32.2. The van der Waals surface area contributed by atoms with E-state index in [2.05, 4.69) is 10.4 Å². The van der Waals surface area contributed by atoms with Crippen LogP contribution in [0.2, 0.25) is 0 Å². The van der Waals surface area contributed by atoms with Gasteiger partial charge in [0.2, 0.25) is 11.8 Å². The lowest BCUT2D eigenvalue weighted by molar-refractivity contribution is -0.125. The summed E-state index contributed by atoms with van der Waals surface area (Å²) in [5.41, 5.74) is 2.67. The molecule has 156 valence electrons. The fourth-order valence-corrected chi connectivity index (χ4v) is 4.40. The van der Waals surface area contributed by atoms with E-state index in [9.17, 15) is 9.59 Å². The molecule has 0 fully saturated rings. The Morgan fingerprint density at radius 3 is 2.79 bits per heavy atom. The molecule has 7 nitrogen and oxygen atoms in total. The molecule has 0 radical (unpaired) electrons. The van der Waals surface area contributed by atoms with Crippen LogP contribution in [-0.2, 0) is 14.3 Å². The van der Waals surface area contributed by atoms with Gasteiger partial charge in [0.25, 0.3) is 0 Å². The summed E-state index contributed by atoms with van der Waals surface area (Å²) >= 11 is 1.71. The predicted octanol–water partition coefficient (Wildman–Crippen LogP) is 2.94. The van der Waals surface area contributed by atoms with E-state index in [0.717, 1.165) is 34.3 Å². The van der Waals surface area contributed by atoms with Gasteiger partial charge in [0.15, 0.2) is 0 Å². The topological polar surface area (TPSA) is 76.5 Å². The van der Waals surface area contributed by atoms with Crippen LogP contribution in [0, 0.1) is 6.92 Å². The number of para-hydroxylation sites is 1. The average Bonchev–Trinajstić information content (AvgIpc) is 3.09. The molecular weight excluding hydrogens is 388 g/mol. The molecule has 3 rings (SSSR count). The number of fused-ring (bicyclic) bond motifs is 1. The van der Waals surface area contributed by atoms with Crippen LogP contribution in [0.3, 0.4) is 0 Å². The summed E-state index contributed by atoms with van der Waals surface area (Å²) < 4.78 is 7.15. The number of amides is 2. The Hall–Kier alpha value is -2.32. The number of aromatic nitrogens is 2. The summed E-state index contributed by atoms with van der Waals surface area (Å²) in [5.74, 6) is 0.672. The van der Waals surface area contributed by atoms with Crippen molar-refractivity contribution < 1.29 is 14.3 Å². The molecular formula is C21H28N4O3S. The maximum Gasteiger partial charge on any atom is 0.227 e. The number of hydrogen-bond acceptors (Lipinski definition) is 5. The Labute approximate surface area is 175 Å². The van der Waals surface area contributed by atoms with Gasteiger partial charge in [0.1, 0.15) is 5.03 Å². The van der Waals surface area contributed by atoms with Crippen LogP contribution in [0.15, 0.2) is 35.4 Å². The van der Waals surface area contributed by atoms with Gasteiger partial charge < -0.3 is 15.0 Å². The quantitative estimate of drug-likeness (QED) is 0.636.